The van der Waals surface area contributed by atoms with Crippen molar-refractivity contribution in [1.82, 2.24) is 19.1 Å². The summed E-state index contributed by atoms with van der Waals surface area (Å²) in [4.78, 5) is 10.3. The Morgan fingerprint density at radius 3 is 1.14 bits per heavy atom. The molecule has 0 aliphatic rings. The van der Waals surface area contributed by atoms with E-state index in [0.29, 0.717) is 0 Å². The Bertz CT molecular complexity index is 5580. The van der Waals surface area contributed by atoms with E-state index in [2.05, 4.69) is 302 Å². The summed E-state index contributed by atoms with van der Waals surface area (Å²) in [5.74, 6) is 1.95. The fourth-order valence-corrected chi connectivity index (χ4v) is 13.7. The van der Waals surface area contributed by atoms with Crippen LogP contribution < -0.4 is 0 Å². The molecule has 0 amide bonds. The van der Waals surface area contributed by atoms with Crippen LogP contribution in [0.3, 0.4) is 0 Å². The molecule has 0 fully saturated rings. The fraction of sp³-hybridized carbons (Fsp3) is 0.0250. The van der Waals surface area contributed by atoms with Gasteiger partial charge in [0.2, 0.25) is 0 Å². The lowest BCUT2D eigenvalue weighted by molar-refractivity contribution is 0.959. The zero-order valence-corrected chi connectivity index (χ0v) is 46.3. The molecule has 4 nitrogen and oxygen atoms in total. The highest BCUT2D eigenvalue weighted by molar-refractivity contribution is 6.27. The van der Waals surface area contributed by atoms with Crippen LogP contribution in [0.25, 0.3) is 176 Å². The Labute approximate surface area is 485 Å². The third-order valence-corrected chi connectivity index (χ3v) is 17.9. The fourth-order valence-electron chi connectivity index (χ4n) is 13.7. The van der Waals surface area contributed by atoms with Crippen molar-refractivity contribution < 1.29 is 0 Å². The van der Waals surface area contributed by atoms with Crippen LogP contribution in [0.4, 0.5) is 0 Å². The third-order valence-electron chi connectivity index (χ3n) is 17.9. The van der Waals surface area contributed by atoms with Crippen LogP contribution in [0, 0.1) is 0 Å². The van der Waals surface area contributed by atoms with Gasteiger partial charge in [0.05, 0.1) is 22.1 Å². The molecular weight excluding hydrogens is 1020 g/mol. The number of benzene rings is 16. The topological polar surface area (TPSA) is 35.6 Å². The minimum absolute atomic E-state index is 0.974. The van der Waals surface area contributed by atoms with Crippen LogP contribution in [0.5, 0.6) is 0 Å². The summed E-state index contributed by atoms with van der Waals surface area (Å²) in [6, 6.07) is 101. The molecule has 392 valence electrons. The molecule has 4 heteroatoms. The molecule has 0 radical (unpaired) electrons. The molecular formula is C80H52N4. The van der Waals surface area contributed by atoms with Crippen LogP contribution in [0.2, 0.25) is 0 Å². The molecule has 2 aromatic heterocycles. The second-order valence-electron chi connectivity index (χ2n) is 22.6. The Kier molecular flexibility index (Phi) is 10.7. The maximum absolute atomic E-state index is 5.15. The van der Waals surface area contributed by atoms with Crippen LogP contribution in [-0.4, -0.2) is 19.1 Å². The largest absolute Gasteiger partial charge is 0.327 e. The molecule has 0 saturated carbocycles. The van der Waals surface area contributed by atoms with E-state index in [-0.39, 0.29) is 0 Å². The molecule has 0 atom stereocenters. The highest BCUT2D eigenvalue weighted by Crippen LogP contribution is 2.43. The van der Waals surface area contributed by atoms with Gasteiger partial charge in [-0.1, -0.05) is 249 Å². The first-order valence-electron chi connectivity index (χ1n) is 28.9. The Balaban J connectivity index is 0.000000132. The molecule has 0 unspecified atom stereocenters. The summed E-state index contributed by atoms with van der Waals surface area (Å²) in [7, 11) is 4.22. The summed E-state index contributed by atoms with van der Waals surface area (Å²) in [5, 5.41) is 20.7. The predicted molar refractivity (Wildman–Crippen MR) is 356 cm³/mol. The van der Waals surface area contributed by atoms with Gasteiger partial charge in [-0.05, 0) is 161 Å². The van der Waals surface area contributed by atoms with Crippen molar-refractivity contribution in [3.05, 3.63) is 279 Å². The summed E-state index contributed by atoms with van der Waals surface area (Å²) < 4.78 is 4.41. The average molecular weight is 1070 g/mol. The number of aromatic nitrogens is 4. The lowest BCUT2D eigenvalue weighted by atomic mass is 9.90. The lowest BCUT2D eigenvalue weighted by Gasteiger charge is -2.14. The molecule has 16 aromatic carbocycles. The molecule has 0 bridgehead atoms. The van der Waals surface area contributed by atoms with E-state index >= 15 is 0 Å². The molecule has 84 heavy (non-hydrogen) atoms. The summed E-state index contributed by atoms with van der Waals surface area (Å²) in [6.07, 6.45) is 0. The highest BCUT2D eigenvalue weighted by Gasteiger charge is 2.18. The van der Waals surface area contributed by atoms with Crippen molar-refractivity contribution in [1.29, 1.82) is 0 Å². The first-order valence-corrected chi connectivity index (χ1v) is 28.9. The van der Waals surface area contributed by atoms with E-state index < -0.39 is 0 Å². The summed E-state index contributed by atoms with van der Waals surface area (Å²) in [6.45, 7) is 0. The Hall–Kier alpha value is -10.9. The van der Waals surface area contributed by atoms with Crippen molar-refractivity contribution in [2.75, 3.05) is 0 Å². The van der Waals surface area contributed by atoms with Gasteiger partial charge >= 0.3 is 0 Å². The minimum atomic E-state index is 0.974. The third kappa shape index (κ3) is 7.61. The normalized spacial score (nSPS) is 11.9. The predicted octanol–water partition coefficient (Wildman–Crippen LogP) is 21.2. The van der Waals surface area contributed by atoms with Gasteiger partial charge in [0.15, 0.2) is 0 Å². The number of aryl methyl sites for hydroxylation is 2. The number of nitrogens with zero attached hydrogens (tertiary/aromatic N) is 4. The van der Waals surface area contributed by atoms with Crippen LogP contribution in [-0.2, 0) is 14.1 Å². The van der Waals surface area contributed by atoms with Gasteiger partial charge in [0.1, 0.15) is 11.6 Å². The summed E-state index contributed by atoms with van der Waals surface area (Å²) >= 11 is 0. The van der Waals surface area contributed by atoms with Gasteiger partial charge in [-0.2, -0.15) is 0 Å². The molecule has 0 aliphatic carbocycles. The monoisotopic (exact) mass is 1070 g/mol. The molecule has 0 spiro atoms. The van der Waals surface area contributed by atoms with Crippen molar-refractivity contribution in [2.45, 2.75) is 0 Å². The zero-order valence-electron chi connectivity index (χ0n) is 46.3. The first kappa shape index (κ1) is 47.8. The SMILES string of the molecule is Cn1c(-c2ccc(-c3ccc4ccccc4c3)cc2)nc2cc(-c3ccc4ccc5cccc6ccc3c4c56)ccc21.Cn1c(-c2ccc(-c3cccc4ccccc34)cc2)nc2cc(-c3ccc4ccc5cccc6ccc3c4c56)ccc21. The average Bonchev–Trinajstić information content (AvgIpc) is 2.67. The van der Waals surface area contributed by atoms with Crippen LogP contribution in [0.1, 0.15) is 0 Å². The van der Waals surface area contributed by atoms with Gasteiger partial charge < -0.3 is 9.13 Å². The second kappa shape index (κ2) is 18.8. The van der Waals surface area contributed by atoms with Crippen LogP contribution >= 0.6 is 0 Å². The van der Waals surface area contributed by atoms with Gasteiger partial charge in [-0.25, -0.2) is 9.97 Å². The number of hydrogen-bond donors (Lipinski definition) is 0. The molecule has 18 rings (SSSR count). The first-order chi connectivity index (χ1) is 41.4. The van der Waals surface area contributed by atoms with E-state index in [9.17, 15) is 0 Å². The smallest absolute Gasteiger partial charge is 0.140 e. The minimum Gasteiger partial charge on any atom is -0.327 e. The molecule has 0 saturated heterocycles. The van der Waals surface area contributed by atoms with Crippen molar-refractivity contribution in [2.24, 2.45) is 14.1 Å². The number of rotatable bonds is 6. The van der Waals surface area contributed by atoms with Gasteiger partial charge in [-0.15, -0.1) is 0 Å². The second-order valence-corrected chi connectivity index (χ2v) is 22.6. The molecule has 2 heterocycles. The quantitative estimate of drug-likeness (QED) is 0.156. The van der Waals surface area contributed by atoms with Crippen molar-refractivity contribution in [3.63, 3.8) is 0 Å². The van der Waals surface area contributed by atoms with Crippen molar-refractivity contribution in [3.8, 4) is 67.3 Å². The van der Waals surface area contributed by atoms with Crippen molar-refractivity contribution >= 4 is 108 Å². The zero-order chi connectivity index (χ0) is 55.6. The molecule has 0 aliphatic heterocycles. The Morgan fingerprint density at radius 1 is 0.226 bits per heavy atom. The summed E-state index contributed by atoms with van der Waals surface area (Å²) in [5.41, 5.74) is 16.3. The number of imidazole rings is 2. The molecule has 0 N–H and O–H groups in total. The maximum Gasteiger partial charge on any atom is 0.140 e. The number of fused-ring (bicyclic) bond motifs is 4. The Morgan fingerprint density at radius 2 is 0.595 bits per heavy atom. The van der Waals surface area contributed by atoms with E-state index in [1.807, 2.05) is 0 Å². The highest BCUT2D eigenvalue weighted by atomic mass is 15.1. The van der Waals surface area contributed by atoms with E-state index in [1.54, 1.807) is 0 Å². The van der Waals surface area contributed by atoms with E-state index in [0.717, 1.165) is 44.8 Å². The van der Waals surface area contributed by atoms with Crippen LogP contribution in [0.15, 0.2) is 279 Å². The van der Waals surface area contributed by atoms with Gasteiger partial charge in [0, 0.05) is 25.2 Å². The molecule has 18 aromatic rings. The van der Waals surface area contributed by atoms with E-state index in [4.69, 9.17) is 9.97 Å². The lowest BCUT2D eigenvalue weighted by Crippen LogP contribution is -1.92. The van der Waals surface area contributed by atoms with Gasteiger partial charge in [-0.3, -0.25) is 0 Å². The number of hydrogen-bond acceptors (Lipinski definition) is 2. The van der Waals surface area contributed by atoms with Gasteiger partial charge in [0.25, 0.3) is 0 Å². The standard InChI is InChI=1S/2C40H26N2/c1-42-37-23-20-31(34-21-18-29-15-14-27-8-4-9-28-19-22-35(34)39(29)38(27)28)24-36(37)41-40(42)30-16-12-26(13-17-30)33-11-5-7-25-6-2-3-10-32(25)33;1-42-37-22-19-33(34-20-17-29-13-12-27-7-4-8-28-18-21-35(34)39(29)38(27)28)24-36(37)41-40(42)30-14-9-26(10-15-30)32-16-11-25-5-2-3-6-31(25)23-32/h2*2-24H,1H3. The maximum atomic E-state index is 5.15. The van der Waals surface area contributed by atoms with E-state index in [1.165, 1.54) is 131 Å².